The fourth-order valence-electron chi connectivity index (χ4n) is 2.03. The monoisotopic (exact) mass is 438 g/mol. The summed E-state index contributed by atoms with van der Waals surface area (Å²) in [5.41, 5.74) is 2.23. The first-order valence-corrected chi connectivity index (χ1v) is 7.57. The second kappa shape index (κ2) is 11.4. The van der Waals surface area contributed by atoms with E-state index in [-0.39, 0.29) is 36.4 Å². The highest BCUT2D eigenvalue weighted by Crippen LogP contribution is 1.97. The van der Waals surface area contributed by atoms with E-state index in [0.717, 1.165) is 11.1 Å². The molecule has 0 aromatic heterocycles. The van der Waals surface area contributed by atoms with Crippen molar-refractivity contribution in [3.63, 3.8) is 0 Å². The number of carbonyl (C=O) groups is 1. The van der Waals surface area contributed by atoms with Crippen LogP contribution in [0.15, 0.2) is 65.7 Å². The number of benzene rings is 2. The van der Waals surface area contributed by atoms with Crippen LogP contribution in [0.2, 0.25) is 0 Å². The van der Waals surface area contributed by atoms with Crippen molar-refractivity contribution < 1.29 is 4.79 Å². The quantitative estimate of drug-likeness (QED) is 0.369. The van der Waals surface area contributed by atoms with E-state index in [1.54, 1.807) is 7.05 Å². The molecule has 0 saturated carbocycles. The number of amides is 1. The number of nitrogens with one attached hydrogen (secondary N) is 3. The van der Waals surface area contributed by atoms with E-state index in [0.29, 0.717) is 19.0 Å². The molecule has 5 nitrogen and oxygen atoms in total. The predicted octanol–water partition coefficient (Wildman–Crippen LogP) is 2.29. The predicted molar refractivity (Wildman–Crippen MR) is 108 cm³/mol. The van der Waals surface area contributed by atoms with Crippen molar-refractivity contribution in [1.82, 2.24) is 16.0 Å². The molecule has 0 aliphatic carbocycles. The Kier molecular flexibility index (Phi) is 9.52. The van der Waals surface area contributed by atoms with Crippen LogP contribution in [0.1, 0.15) is 11.1 Å². The molecule has 0 radical (unpaired) electrons. The summed E-state index contributed by atoms with van der Waals surface area (Å²) >= 11 is 0. The highest BCUT2D eigenvalue weighted by atomic mass is 127. The molecule has 0 atom stereocenters. The normalized spacial score (nSPS) is 10.5. The summed E-state index contributed by atoms with van der Waals surface area (Å²) in [5, 5.41) is 9.04. The molecule has 2 aromatic rings. The molecular weight excluding hydrogens is 415 g/mol. The lowest BCUT2D eigenvalue weighted by Gasteiger charge is -2.12. The summed E-state index contributed by atoms with van der Waals surface area (Å²) in [6.45, 7) is 1.37. The molecule has 2 rings (SSSR count). The number of aliphatic imine (C=N–C) groups is 1. The van der Waals surface area contributed by atoms with Crippen molar-refractivity contribution in [2.24, 2.45) is 4.99 Å². The third-order valence-electron chi connectivity index (χ3n) is 3.28. The lowest BCUT2D eigenvalue weighted by Crippen LogP contribution is -2.42. The molecule has 128 valence electrons. The van der Waals surface area contributed by atoms with E-state index in [2.05, 4.69) is 20.9 Å². The first-order chi connectivity index (χ1) is 11.3. The number of hydrogen-bond donors (Lipinski definition) is 3. The van der Waals surface area contributed by atoms with Crippen molar-refractivity contribution in [1.29, 1.82) is 0 Å². The molecule has 0 fully saturated rings. The highest BCUT2D eigenvalue weighted by Gasteiger charge is 2.03. The Morgan fingerprint density at radius 1 is 0.833 bits per heavy atom. The van der Waals surface area contributed by atoms with Gasteiger partial charge in [-0.2, -0.15) is 0 Å². The number of carbonyl (C=O) groups excluding carboxylic acids is 1. The molecule has 0 spiro atoms. The summed E-state index contributed by atoms with van der Waals surface area (Å²) in [7, 11) is 1.68. The minimum Gasteiger partial charge on any atom is -0.352 e. The Bertz CT molecular complexity index is 632. The third-order valence-corrected chi connectivity index (χ3v) is 3.28. The van der Waals surface area contributed by atoms with Crippen LogP contribution in [0.25, 0.3) is 0 Å². The first kappa shape index (κ1) is 20.0. The molecule has 1 amide bonds. The van der Waals surface area contributed by atoms with Crippen LogP contribution in [0.4, 0.5) is 0 Å². The van der Waals surface area contributed by atoms with Crippen molar-refractivity contribution in [3.05, 3.63) is 71.8 Å². The summed E-state index contributed by atoms with van der Waals surface area (Å²) in [6, 6.07) is 19.9. The van der Waals surface area contributed by atoms with Crippen LogP contribution in [-0.4, -0.2) is 25.5 Å². The topological polar surface area (TPSA) is 65.5 Å². The Morgan fingerprint density at radius 2 is 1.33 bits per heavy atom. The average molecular weight is 438 g/mol. The van der Waals surface area contributed by atoms with E-state index in [9.17, 15) is 4.79 Å². The average Bonchev–Trinajstić information content (AvgIpc) is 2.62. The van der Waals surface area contributed by atoms with Gasteiger partial charge in [0.15, 0.2) is 5.96 Å². The Balaban J connectivity index is 0.00000288. The zero-order valence-corrected chi connectivity index (χ0v) is 16.0. The van der Waals surface area contributed by atoms with Gasteiger partial charge in [0.05, 0.1) is 6.54 Å². The van der Waals surface area contributed by atoms with Gasteiger partial charge in [0.2, 0.25) is 5.91 Å². The Morgan fingerprint density at radius 3 is 1.83 bits per heavy atom. The molecule has 24 heavy (non-hydrogen) atoms. The summed E-state index contributed by atoms with van der Waals surface area (Å²) in [5.74, 6) is 0.528. The molecule has 6 heteroatoms. The molecule has 0 bridgehead atoms. The fourth-order valence-corrected chi connectivity index (χ4v) is 2.03. The number of guanidine groups is 1. The molecule has 0 saturated heterocycles. The second-order valence-electron chi connectivity index (χ2n) is 5.03. The highest BCUT2D eigenvalue weighted by molar-refractivity contribution is 14.0. The maximum Gasteiger partial charge on any atom is 0.239 e. The van der Waals surface area contributed by atoms with Gasteiger partial charge in [0.25, 0.3) is 0 Å². The van der Waals surface area contributed by atoms with E-state index >= 15 is 0 Å². The van der Waals surface area contributed by atoms with Crippen LogP contribution >= 0.6 is 24.0 Å². The van der Waals surface area contributed by atoms with Gasteiger partial charge < -0.3 is 16.0 Å². The molecule has 2 aromatic carbocycles. The minimum atomic E-state index is -0.0727. The van der Waals surface area contributed by atoms with Crippen LogP contribution in [-0.2, 0) is 17.9 Å². The molecular formula is C18H23IN4O. The van der Waals surface area contributed by atoms with Crippen molar-refractivity contribution in [2.45, 2.75) is 13.1 Å². The number of nitrogens with zero attached hydrogens (tertiary/aromatic N) is 1. The SMILES string of the molecule is CN=C(NCC(=O)NCc1ccccc1)NCc1ccccc1.I. The van der Waals surface area contributed by atoms with E-state index < -0.39 is 0 Å². The molecule has 0 unspecified atom stereocenters. The van der Waals surface area contributed by atoms with Gasteiger partial charge in [-0.25, -0.2) is 0 Å². The standard InChI is InChI=1S/C18H22N4O.HI/c1-19-18(21-13-16-10-6-3-7-11-16)22-14-17(23)20-12-15-8-4-2-5-9-15;/h2-11H,12-14H2,1H3,(H,20,23)(H2,19,21,22);1H. The molecule has 0 aliphatic rings. The van der Waals surface area contributed by atoms with Gasteiger partial charge in [-0.1, -0.05) is 60.7 Å². The maximum atomic E-state index is 11.9. The van der Waals surface area contributed by atoms with E-state index in [1.807, 2.05) is 60.7 Å². The van der Waals surface area contributed by atoms with Gasteiger partial charge in [-0.3, -0.25) is 9.79 Å². The van der Waals surface area contributed by atoms with Crippen molar-refractivity contribution in [2.75, 3.05) is 13.6 Å². The lowest BCUT2D eigenvalue weighted by molar-refractivity contribution is -0.120. The lowest BCUT2D eigenvalue weighted by atomic mass is 10.2. The number of hydrogen-bond acceptors (Lipinski definition) is 2. The second-order valence-corrected chi connectivity index (χ2v) is 5.03. The first-order valence-electron chi connectivity index (χ1n) is 7.57. The van der Waals surface area contributed by atoms with Gasteiger partial charge in [-0.15, -0.1) is 24.0 Å². The van der Waals surface area contributed by atoms with Crippen molar-refractivity contribution in [3.8, 4) is 0 Å². The maximum absolute atomic E-state index is 11.9. The van der Waals surface area contributed by atoms with Gasteiger partial charge in [-0.05, 0) is 11.1 Å². The van der Waals surface area contributed by atoms with E-state index in [1.165, 1.54) is 0 Å². The van der Waals surface area contributed by atoms with E-state index in [4.69, 9.17) is 0 Å². The van der Waals surface area contributed by atoms with Gasteiger partial charge in [0, 0.05) is 20.1 Å². The van der Waals surface area contributed by atoms with Crippen LogP contribution < -0.4 is 16.0 Å². The number of halogens is 1. The minimum absolute atomic E-state index is 0. The van der Waals surface area contributed by atoms with Gasteiger partial charge in [0.1, 0.15) is 0 Å². The Hall–Kier alpha value is -2.09. The zero-order chi connectivity index (χ0) is 16.3. The summed E-state index contributed by atoms with van der Waals surface area (Å²) < 4.78 is 0. The van der Waals surface area contributed by atoms with Crippen LogP contribution in [0.5, 0.6) is 0 Å². The summed E-state index contributed by atoms with van der Waals surface area (Å²) in [4.78, 5) is 16.0. The van der Waals surface area contributed by atoms with Crippen LogP contribution in [0.3, 0.4) is 0 Å². The zero-order valence-electron chi connectivity index (χ0n) is 13.7. The van der Waals surface area contributed by atoms with Crippen molar-refractivity contribution >= 4 is 35.8 Å². The third kappa shape index (κ3) is 7.45. The van der Waals surface area contributed by atoms with Crippen LogP contribution in [0, 0.1) is 0 Å². The summed E-state index contributed by atoms with van der Waals surface area (Å²) in [6.07, 6.45) is 0. The largest absolute Gasteiger partial charge is 0.352 e. The molecule has 0 aliphatic heterocycles. The fraction of sp³-hybridized carbons (Fsp3) is 0.222. The molecule has 3 N–H and O–H groups in total. The Labute approximate surface area is 160 Å². The molecule has 0 heterocycles. The van der Waals surface area contributed by atoms with Gasteiger partial charge >= 0.3 is 0 Å². The smallest absolute Gasteiger partial charge is 0.239 e. The number of rotatable bonds is 6.